The van der Waals surface area contributed by atoms with E-state index in [0.29, 0.717) is 6.61 Å². The quantitative estimate of drug-likeness (QED) is 0.736. The first-order valence-electron chi connectivity index (χ1n) is 7.31. The van der Waals surface area contributed by atoms with Crippen molar-refractivity contribution in [3.8, 4) is 5.75 Å². The molecule has 0 radical (unpaired) electrons. The van der Waals surface area contributed by atoms with E-state index in [2.05, 4.69) is 22.4 Å². The summed E-state index contributed by atoms with van der Waals surface area (Å²) in [6, 6.07) is 24.1. The predicted molar refractivity (Wildman–Crippen MR) is 88.8 cm³/mol. The molecule has 0 aliphatic carbocycles. The Hall–Kier alpha value is -2.81. The lowest BCUT2D eigenvalue weighted by Crippen LogP contribution is -2.00. The van der Waals surface area contributed by atoms with E-state index in [9.17, 15) is 0 Å². The van der Waals surface area contributed by atoms with Crippen molar-refractivity contribution in [1.29, 1.82) is 0 Å². The molecule has 0 unspecified atom stereocenters. The number of benzene rings is 2. The summed E-state index contributed by atoms with van der Waals surface area (Å²) >= 11 is 0. The summed E-state index contributed by atoms with van der Waals surface area (Å²) in [4.78, 5) is 4.25. The van der Waals surface area contributed by atoms with Crippen LogP contribution in [0, 0.1) is 0 Å². The molecule has 3 heteroatoms. The third-order valence-electron chi connectivity index (χ3n) is 3.29. The first-order valence-corrected chi connectivity index (χ1v) is 7.31. The second-order valence-corrected chi connectivity index (χ2v) is 4.98. The van der Waals surface area contributed by atoms with Gasteiger partial charge in [0.05, 0.1) is 5.69 Å². The highest BCUT2D eigenvalue weighted by Crippen LogP contribution is 2.19. The van der Waals surface area contributed by atoms with Crippen molar-refractivity contribution in [2.24, 2.45) is 0 Å². The van der Waals surface area contributed by atoms with Gasteiger partial charge in [-0.05, 0) is 29.8 Å². The van der Waals surface area contributed by atoms with Crippen LogP contribution in [0.4, 0.5) is 5.69 Å². The summed E-state index contributed by atoms with van der Waals surface area (Å²) in [5.74, 6) is 0.837. The number of pyridine rings is 1. The van der Waals surface area contributed by atoms with Crippen LogP contribution in [0.1, 0.15) is 11.3 Å². The Morgan fingerprint density at radius 1 is 0.864 bits per heavy atom. The summed E-state index contributed by atoms with van der Waals surface area (Å²) in [5, 5.41) is 3.40. The minimum atomic E-state index is 0.475. The maximum atomic E-state index is 5.78. The molecule has 0 aliphatic rings. The highest BCUT2D eigenvalue weighted by atomic mass is 16.5. The molecular formula is C19H18N2O. The van der Waals surface area contributed by atoms with E-state index in [1.165, 1.54) is 5.56 Å². The molecule has 22 heavy (non-hydrogen) atoms. The van der Waals surface area contributed by atoms with E-state index in [1.54, 1.807) is 6.20 Å². The number of nitrogens with one attached hydrogen (secondary N) is 1. The zero-order chi connectivity index (χ0) is 15.0. The first kappa shape index (κ1) is 14.1. The van der Waals surface area contributed by atoms with Crippen molar-refractivity contribution >= 4 is 5.69 Å². The fourth-order valence-electron chi connectivity index (χ4n) is 2.14. The Morgan fingerprint density at radius 2 is 1.73 bits per heavy atom. The molecule has 0 atom stereocenters. The van der Waals surface area contributed by atoms with E-state index in [0.717, 1.165) is 23.7 Å². The van der Waals surface area contributed by atoms with Gasteiger partial charge in [-0.2, -0.15) is 0 Å². The molecule has 110 valence electrons. The largest absolute Gasteiger partial charge is 0.487 e. The molecule has 1 aromatic heterocycles. The molecule has 1 N–H and O–H groups in total. The van der Waals surface area contributed by atoms with Gasteiger partial charge in [-0.15, -0.1) is 0 Å². The number of ether oxygens (including phenoxy) is 1. The molecule has 3 aromatic rings. The van der Waals surface area contributed by atoms with E-state index in [4.69, 9.17) is 4.74 Å². The third kappa shape index (κ3) is 4.09. The Balaban J connectivity index is 1.58. The lowest BCUT2D eigenvalue weighted by Gasteiger charge is -2.10. The van der Waals surface area contributed by atoms with Crippen LogP contribution in [0.5, 0.6) is 5.75 Å². The smallest absolute Gasteiger partial charge is 0.130 e. The summed E-state index contributed by atoms with van der Waals surface area (Å²) in [7, 11) is 0. The van der Waals surface area contributed by atoms with Crippen molar-refractivity contribution in [3.63, 3.8) is 0 Å². The van der Waals surface area contributed by atoms with Crippen molar-refractivity contribution in [2.45, 2.75) is 13.2 Å². The maximum Gasteiger partial charge on any atom is 0.130 e. The number of rotatable bonds is 6. The van der Waals surface area contributed by atoms with Gasteiger partial charge in [-0.1, -0.05) is 42.5 Å². The second-order valence-electron chi connectivity index (χ2n) is 4.98. The standard InChI is InChI=1S/C19H18N2O/c1-2-7-16(8-3-1)14-21-17-10-6-11-19(13-17)22-15-18-9-4-5-12-20-18/h1-13,21H,14-15H2. The molecular weight excluding hydrogens is 272 g/mol. The summed E-state index contributed by atoms with van der Waals surface area (Å²) < 4.78 is 5.78. The molecule has 0 bridgehead atoms. The van der Waals surface area contributed by atoms with Crippen LogP contribution in [0.2, 0.25) is 0 Å². The van der Waals surface area contributed by atoms with Crippen LogP contribution in [0.3, 0.4) is 0 Å². The first-order chi connectivity index (χ1) is 10.9. The van der Waals surface area contributed by atoms with Crippen molar-refractivity contribution in [2.75, 3.05) is 5.32 Å². The van der Waals surface area contributed by atoms with Crippen molar-refractivity contribution in [1.82, 2.24) is 4.98 Å². The third-order valence-corrected chi connectivity index (χ3v) is 3.29. The highest BCUT2D eigenvalue weighted by molar-refractivity contribution is 5.48. The topological polar surface area (TPSA) is 34.1 Å². The fourth-order valence-corrected chi connectivity index (χ4v) is 2.14. The van der Waals surface area contributed by atoms with Crippen LogP contribution >= 0.6 is 0 Å². The summed E-state index contributed by atoms with van der Waals surface area (Å²) in [6.45, 7) is 1.27. The molecule has 0 spiro atoms. The number of hydrogen-bond acceptors (Lipinski definition) is 3. The van der Waals surface area contributed by atoms with Crippen LogP contribution in [0.25, 0.3) is 0 Å². The minimum absolute atomic E-state index is 0.475. The zero-order valence-corrected chi connectivity index (χ0v) is 12.3. The Labute approximate surface area is 130 Å². The molecule has 1 heterocycles. The summed E-state index contributed by atoms with van der Waals surface area (Å²) in [5.41, 5.74) is 3.22. The van der Waals surface area contributed by atoms with Crippen LogP contribution < -0.4 is 10.1 Å². The van der Waals surface area contributed by atoms with Crippen LogP contribution in [-0.4, -0.2) is 4.98 Å². The van der Waals surface area contributed by atoms with Gasteiger partial charge in [-0.25, -0.2) is 0 Å². The Morgan fingerprint density at radius 3 is 2.55 bits per heavy atom. The Kier molecular flexibility index (Phi) is 4.67. The Bertz CT molecular complexity index is 640. The van der Waals surface area contributed by atoms with Crippen LogP contribution in [0.15, 0.2) is 79.0 Å². The van der Waals surface area contributed by atoms with Gasteiger partial charge in [0.25, 0.3) is 0 Å². The number of nitrogens with zero attached hydrogens (tertiary/aromatic N) is 1. The molecule has 2 aromatic carbocycles. The molecule has 0 saturated heterocycles. The normalized spacial score (nSPS) is 10.2. The average Bonchev–Trinajstić information content (AvgIpc) is 2.60. The zero-order valence-electron chi connectivity index (χ0n) is 12.3. The van der Waals surface area contributed by atoms with Gasteiger partial charge >= 0.3 is 0 Å². The van der Waals surface area contributed by atoms with E-state index < -0.39 is 0 Å². The lowest BCUT2D eigenvalue weighted by molar-refractivity contribution is 0.301. The monoisotopic (exact) mass is 290 g/mol. The SMILES string of the molecule is c1ccc(CNc2cccc(OCc3ccccn3)c2)cc1. The van der Waals surface area contributed by atoms with Gasteiger partial charge in [0.2, 0.25) is 0 Å². The lowest BCUT2D eigenvalue weighted by atomic mass is 10.2. The second kappa shape index (κ2) is 7.27. The van der Waals surface area contributed by atoms with E-state index in [1.807, 2.05) is 60.7 Å². The number of aromatic nitrogens is 1. The average molecular weight is 290 g/mol. The van der Waals surface area contributed by atoms with Gasteiger partial charge in [0, 0.05) is 24.5 Å². The van der Waals surface area contributed by atoms with Crippen LogP contribution in [-0.2, 0) is 13.2 Å². The predicted octanol–water partition coefficient (Wildman–Crippen LogP) is 4.27. The molecule has 0 saturated carbocycles. The summed E-state index contributed by atoms with van der Waals surface area (Å²) in [6.07, 6.45) is 1.77. The number of anilines is 1. The van der Waals surface area contributed by atoms with Crippen molar-refractivity contribution in [3.05, 3.63) is 90.3 Å². The number of hydrogen-bond donors (Lipinski definition) is 1. The molecule has 0 amide bonds. The molecule has 0 fully saturated rings. The maximum absolute atomic E-state index is 5.78. The minimum Gasteiger partial charge on any atom is -0.487 e. The molecule has 3 nitrogen and oxygen atoms in total. The molecule has 0 aliphatic heterocycles. The van der Waals surface area contributed by atoms with Gasteiger partial charge < -0.3 is 10.1 Å². The van der Waals surface area contributed by atoms with Gasteiger partial charge in [-0.3, -0.25) is 4.98 Å². The van der Waals surface area contributed by atoms with Gasteiger partial charge in [0.1, 0.15) is 12.4 Å². The fraction of sp³-hybridized carbons (Fsp3) is 0.105. The van der Waals surface area contributed by atoms with E-state index >= 15 is 0 Å². The van der Waals surface area contributed by atoms with E-state index in [-0.39, 0.29) is 0 Å². The van der Waals surface area contributed by atoms with Gasteiger partial charge in [0.15, 0.2) is 0 Å². The highest BCUT2D eigenvalue weighted by Gasteiger charge is 1.99. The van der Waals surface area contributed by atoms with Crippen molar-refractivity contribution < 1.29 is 4.74 Å². The molecule has 3 rings (SSSR count).